The molecule has 25 heavy (non-hydrogen) atoms. The number of likely N-dealkylation sites (tertiary alicyclic amines) is 2. The van der Waals surface area contributed by atoms with Gasteiger partial charge in [-0.2, -0.15) is 0 Å². The molecule has 6 heteroatoms. The highest BCUT2D eigenvalue weighted by Gasteiger charge is 2.29. The Labute approximate surface area is 154 Å². The number of hydrogen-bond donors (Lipinski definition) is 1. The maximum Gasteiger partial charge on any atom is 0.322 e. The van der Waals surface area contributed by atoms with Crippen molar-refractivity contribution in [3.63, 3.8) is 0 Å². The smallest absolute Gasteiger partial charge is 0.322 e. The lowest BCUT2D eigenvalue weighted by molar-refractivity contribution is -0.127. The summed E-state index contributed by atoms with van der Waals surface area (Å²) in [5.74, 6) is 0.249. The normalized spacial score (nSPS) is 20.9. The van der Waals surface area contributed by atoms with Crippen molar-refractivity contribution in [3.05, 3.63) is 28.8 Å². The first kappa shape index (κ1) is 18.1. The Bertz CT molecular complexity index is 629. The molecule has 2 aliphatic rings. The maximum absolute atomic E-state index is 12.8. The molecule has 2 fully saturated rings. The highest BCUT2D eigenvalue weighted by Crippen LogP contribution is 2.27. The third kappa shape index (κ3) is 4.27. The predicted molar refractivity (Wildman–Crippen MR) is 100.0 cm³/mol. The highest BCUT2D eigenvalue weighted by molar-refractivity contribution is 6.33. The van der Waals surface area contributed by atoms with Gasteiger partial charge >= 0.3 is 6.03 Å². The first-order valence-electron chi connectivity index (χ1n) is 9.17. The summed E-state index contributed by atoms with van der Waals surface area (Å²) in [7, 11) is 0. The second kappa shape index (κ2) is 8.09. The molecule has 0 unspecified atom stereocenters. The Balaban J connectivity index is 1.63. The SMILES string of the molecule is Cc1cccc(Cl)c1NC(=O)N1CCCC[C@H]1CCN1CCCC1=O. The van der Waals surface area contributed by atoms with Crippen LogP contribution in [0.25, 0.3) is 0 Å². The minimum atomic E-state index is -0.0892. The number of para-hydroxylation sites is 1. The molecule has 3 amide bonds. The lowest BCUT2D eigenvalue weighted by Crippen LogP contribution is -2.47. The second-order valence-electron chi connectivity index (χ2n) is 6.98. The van der Waals surface area contributed by atoms with Crippen LogP contribution >= 0.6 is 11.6 Å². The molecule has 2 aliphatic heterocycles. The fourth-order valence-corrected chi connectivity index (χ4v) is 4.05. The number of piperidine rings is 1. The van der Waals surface area contributed by atoms with E-state index in [4.69, 9.17) is 11.6 Å². The van der Waals surface area contributed by atoms with Gasteiger partial charge in [-0.05, 0) is 50.7 Å². The van der Waals surface area contributed by atoms with E-state index in [9.17, 15) is 9.59 Å². The molecule has 5 nitrogen and oxygen atoms in total. The summed E-state index contributed by atoms with van der Waals surface area (Å²) in [5, 5.41) is 3.55. The van der Waals surface area contributed by atoms with Gasteiger partial charge in [0, 0.05) is 32.1 Å². The third-order valence-electron chi connectivity index (χ3n) is 5.25. The molecule has 0 bridgehead atoms. The summed E-state index contributed by atoms with van der Waals surface area (Å²) in [5.41, 5.74) is 1.64. The lowest BCUT2D eigenvalue weighted by Gasteiger charge is -2.36. The van der Waals surface area contributed by atoms with Gasteiger partial charge in [-0.3, -0.25) is 4.79 Å². The zero-order chi connectivity index (χ0) is 17.8. The van der Waals surface area contributed by atoms with Gasteiger partial charge in [-0.25, -0.2) is 4.79 Å². The van der Waals surface area contributed by atoms with Crippen molar-refractivity contribution in [2.45, 2.75) is 51.5 Å². The maximum atomic E-state index is 12.8. The number of amides is 3. The quantitative estimate of drug-likeness (QED) is 0.877. The van der Waals surface area contributed by atoms with Gasteiger partial charge < -0.3 is 15.1 Å². The van der Waals surface area contributed by atoms with Crippen LogP contribution in [0.4, 0.5) is 10.5 Å². The number of halogens is 1. The zero-order valence-corrected chi connectivity index (χ0v) is 15.5. The molecule has 0 aliphatic carbocycles. The van der Waals surface area contributed by atoms with Crippen LogP contribution in [0.2, 0.25) is 5.02 Å². The van der Waals surface area contributed by atoms with Crippen molar-refractivity contribution in [2.24, 2.45) is 0 Å². The predicted octanol–water partition coefficient (Wildman–Crippen LogP) is 4.05. The van der Waals surface area contributed by atoms with Crippen LogP contribution in [0, 0.1) is 6.92 Å². The van der Waals surface area contributed by atoms with Gasteiger partial charge in [0.1, 0.15) is 0 Å². The monoisotopic (exact) mass is 363 g/mol. The number of anilines is 1. The standard InChI is InChI=1S/C19H26ClN3O2/c1-14-6-4-8-16(20)18(14)21-19(25)23-12-3-2-7-15(23)10-13-22-11-5-9-17(22)24/h4,6,8,15H,2-3,5,7,9-13H2,1H3,(H,21,25)/t15-/m0/s1. The Hall–Kier alpha value is -1.75. The Morgan fingerprint density at radius 1 is 1.28 bits per heavy atom. The van der Waals surface area contributed by atoms with E-state index >= 15 is 0 Å². The molecule has 2 saturated heterocycles. The van der Waals surface area contributed by atoms with Crippen molar-refractivity contribution in [2.75, 3.05) is 25.0 Å². The number of urea groups is 1. The van der Waals surface area contributed by atoms with Gasteiger partial charge in [0.15, 0.2) is 0 Å². The summed E-state index contributed by atoms with van der Waals surface area (Å²) in [4.78, 5) is 28.5. The summed E-state index contributed by atoms with van der Waals surface area (Å²) in [6, 6.07) is 5.70. The summed E-state index contributed by atoms with van der Waals surface area (Å²) in [6.45, 7) is 4.30. The Morgan fingerprint density at radius 3 is 2.84 bits per heavy atom. The molecule has 1 aromatic rings. The molecule has 2 heterocycles. The summed E-state index contributed by atoms with van der Waals surface area (Å²) in [6.07, 6.45) is 5.62. The second-order valence-corrected chi connectivity index (χ2v) is 7.39. The summed E-state index contributed by atoms with van der Waals surface area (Å²) < 4.78 is 0. The van der Waals surface area contributed by atoms with Crippen LogP contribution in [-0.4, -0.2) is 47.4 Å². The van der Waals surface area contributed by atoms with E-state index in [2.05, 4.69) is 5.32 Å². The van der Waals surface area contributed by atoms with Crippen LogP contribution in [0.1, 0.15) is 44.1 Å². The Morgan fingerprint density at radius 2 is 2.12 bits per heavy atom. The number of carbonyl (C=O) groups is 2. The van der Waals surface area contributed by atoms with Crippen LogP contribution in [0.15, 0.2) is 18.2 Å². The van der Waals surface area contributed by atoms with E-state index in [1.807, 2.05) is 28.9 Å². The van der Waals surface area contributed by atoms with Crippen LogP contribution in [0.3, 0.4) is 0 Å². The minimum Gasteiger partial charge on any atom is -0.343 e. The van der Waals surface area contributed by atoms with E-state index in [1.54, 1.807) is 6.07 Å². The molecule has 0 radical (unpaired) electrons. The topological polar surface area (TPSA) is 52.7 Å². The largest absolute Gasteiger partial charge is 0.343 e. The van der Waals surface area contributed by atoms with Gasteiger partial charge in [-0.15, -0.1) is 0 Å². The molecule has 136 valence electrons. The van der Waals surface area contributed by atoms with Gasteiger partial charge in [-0.1, -0.05) is 23.7 Å². The van der Waals surface area contributed by atoms with Crippen molar-refractivity contribution < 1.29 is 9.59 Å². The molecule has 0 spiro atoms. The Kier molecular flexibility index (Phi) is 5.84. The van der Waals surface area contributed by atoms with E-state index < -0.39 is 0 Å². The minimum absolute atomic E-state index is 0.0892. The average Bonchev–Trinajstić information content (AvgIpc) is 3.01. The average molecular weight is 364 g/mol. The van der Waals surface area contributed by atoms with Crippen molar-refractivity contribution >= 4 is 29.2 Å². The molecule has 0 aromatic heterocycles. The number of aryl methyl sites for hydroxylation is 1. The van der Waals surface area contributed by atoms with E-state index in [0.717, 1.165) is 57.3 Å². The number of rotatable bonds is 4. The van der Waals surface area contributed by atoms with Crippen molar-refractivity contribution in [3.8, 4) is 0 Å². The third-order valence-corrected chi connectivity index (χ3v) is 5.56. The fraction of sp³-hybridized carbons (Fsp3) is 0.579. The lowest BCUT2D eigenvalue weighted by atomic mass is 9.99. The number of nitrogens with zero attached hydrogens (tertiary/aromatic N) is 2. The number of nitrogens with one attached hydrogen (secondary N) is 1. The fourth-order valence-electron chi connectivity index (χ4n) is 3.78. The van der Waals surface area contributed by atoms with Crippen molar-refractivity contribution in [1.82, 2.24) is 9.80 Å². The molecular weight excluding hydrogens is 338 g/mol. The zero-order valence-electron chi connectivity index (χ0n) is 14.8. The number of hydrogen-bond acceptors (Lipinski definition) is 2. The molecular formula is C19H26ClN3O2. The first-order valence-corrected chi connectivity index (χ1v) is 9.54. The van der Waals surface area contributed by atoms with Gasteiger partial charge in [0.2, 0.25) is 5.91 Å². The van der Waals surface area contributed by atoms with E-state index in [0.29, 0.717) is 17.1 Å². The van der Waals surface area contributed by atoms with E-state index in [1.165, 1.54) is 0 Å². The first-order chi connectivity index (χ1) is 12.1. The molecule has 3 rings (SSSR count). The van der Waals surface area contributed by atoms with Gasteiger partial charge in [0.05, 0.1) is 10.7 Å². The molecule has 1 atom stereocenters. The summed E-state index contributed by atoms with van der Waals surface area (Å²) >= 11 is 6.23. The van der Waals surface area contributed by atoms with Gasteiger partial charge in [0.25, 0.3) is 0 Å². The molecule has 0 saturated carbocycles. The van der Waals surface area contributed by atoms with Crippen LogP contribution in [0.5, 0.6) is 0 Å². The van der Waals surface area contributed by atoms with Crippen LogP contribution < -0.4 is 5.32 Å². The van der Waals surface area contributed by atoms with Crippen LogP contribution in [-0.2, 0) is 4.79 Å². The molecule has 1 aromatic carbocycles. The van der Waals surface area contributed by atoms with E-state index in [-0.39, 0.29) is 18.0 Å². The highest BCUT2D eigenvalue weighted by atomic mass is 35.5. The molecule has 1 N–H and O–H groups in total. The van der Waals surface area contributed by atoms with Crippen molar-refractivity contribution in [1.29, 1.82) is 0 Å². The number of carbonyl (C=O) groups excluding carboxylic acids is 2. The number of benzene rings is 1.